The van der Waals surface area contributed by atoms with Crippen molar-refractivity contribution in [1.82, 2.24) is 0 Å². The number of nitrogens with zero attached hydrogens (tertiary/aromatic N) is 1. The van der Waals surface area contributed by atoms with Gasteiger partial charge in [-0.15, -0.1) is 0 Å². The van der Waals surface area contributed by atoms with Crippen LogP contribution >= 0.6 is 34.8 Å². The number of oxime groups is 1. The second kappa shape index (κ2) is 4.80. The number of nitrogens with one attached hydrogen (secondary N) is 1. The molecule has 0 bridgehead atoms. The van der Waals surface area contributed by atoms with Crippen LogP contribution in [-0.4, -0.2) is 28.4 Å². The molecule has 1 aliphatic rings. The van der Waals surface area contributed by atoms with Gasteiger partial charge in [-0.05, 0) is 6.07 Å². The summed E-state index contributed by atoms with van der Waals surface area (Å²) in [5, 5.41) is 12.9. The molecule has 6 nitrogen and oxygen atoms in total. The Kier molecular flexibility index (Phi) is 3.49. The third-order valence-electron chi connectivity index (χ3n) is 2.37. The van der Waals surface area contributed by atoms with Gasteiger partial charge in [0, 0.05) is 0 Å². The minimum atomic E-state index is -1.29. The van der Waals surface area contributed by atoms with Gasteiger partial charge in [-0.25, -0.2) is 0 Å². The summed E-state index contributed by atoms with van der Waals surface area (Å²) in [6.07, 6.45) is 0. The zero-order chi connectivity index (χ0) is 14.3. The van der Waals surface area contributed by atoms with E-state index in [1.54, 1.807) is 0 Å². The van der Waals surface area contributed by atoms with Crippen molar-refractivity contribution in [3.63, 3.8) is 0 Å². The van der Waals surface area contributed by atoms with Crippen LogP contribution in [0.5, 0.6) is 0 Å². The van der Waals surface area contributed by atoms with E-state index >= 15 is 0 Å². The normalized spacial score (nSPS) is 17.2. The van der Waals surface area contributed by atoms with Gasteiger partial charge in [0.15, 0.2) is 0 Å². The molecule has 9 heteroatoms. The molecule has 2 N–H and O–H groups in total. The summed E-state index contributed by atoms with van der Waals surface area (Å²) in [6, 6.07) is 1.18. The molecule has 98 valence electrons. The molecular formula is C10H3Cl3N2O4. The van der Waals surface area contributed by atoms with Gasteiger partial charge in [-0.1, -0.05) is 40.0 Å². The standard InChI is InChI=1S/C10H3Cl3N2O4/c11-2-1-3-4(6(13)5(2)12)8(16)9(17)7(15-19)10(18)14-3/h1,19H,(H,14,18). The third kappa shape index (κ3) is 2.07. The SMILES string of the molecule is O=C1Nc2cc(Cl)c(Cl)c(Cl)c2C(=O)C(=O)C1=NO. The molecule has 1 aliphatic heterocycles. The lowest BCUT2D eigenvalue weighted by molar-refractivity contribution is -0.113. The molecule has 1 aromatic carbocycles. The zero-order valence-corrected chi connectivity index (χ0v) is 11.1. The first-order chi connectivity index (χ1) is 8.88. The van der Waals surface area contributed by atoms with E-state index in [9.17, 15) is 14.4 Å². The van der Waals surface area contributed by atoms with Crippen LogP contribution in [0.15, 0.2) is 11.2 Å². The number of carbonyl (C=O) groups is 3. The van der Waals surface area contributed by atoms with E-state index in [4.69, 9.17) is 40.0 Å². The first kappa shape index (κ1) is 13.8. The van der Waals surface area contributed by atoms with Gasteiger partial charge in [-0.2, -0.15) is 0 Å². The molecule has 0 saturated carbocycles. The number of carbonyl (C=O) groups excluding carboxylic acids is 3. The Bertz CT molecular complexity index is 669. The number of Topliss-reactive ketones (excluding diaryl/α,β-unsaturated/α-hetero) is 2. The maximum absolute atomic E-state index is 11.9. The topological polar surface area (TPSA) is 95.8 Å². The van der Waals surface area contributed by atoms with E-state index in [2.05, 4.69) is 10.5 Å². The second-order valence-corrected chi connectivity index (χ2v) is 4.63. The average Bonchev–Trinajstić information content (AvgIpc) is 2.44. The largest absolute Gasteiger partial charge is 0.410 e. The van der Waals surface area contributed by atoms with Crippen molar-refractivity contribution in [2.75, 3.05) is 5.32 Å². The lowest BCUT2D eigenvalue weighted by atomic mass is 10.0. The summed E-state index contributed by atoms with van der Waals surface area (Å²) in [4.78, 5) is 35.2. The predicted molar refractivity (Wildman–Crippen MR) is 68.7 cm³/mol. The van der Waals surface area contributed by atoms with Crippen LogP contribution in [0.4, 0.5) is 5.69 Å². The van der Waals surface area contributed by atoms with Gasteiger partial charge in [-0.3, -0.25) is 14.4 Å². The van der Waals surface area contributed by atoms with E-state index in [1.807, 2.05) is 0 Å². The van der Waals surface area contributed by atoms with Crippen molar-refractivity contribution >= 4 is 63.7 Å². The predicted octanol–water partition coefficient (Wildman–Crippen LogP) is 2.18. The Hall–Kier alpha value is -1.63. The Labute approximate surface area is 120 Å². The monoisotopic (exact) mass is 320 g/mol. The molecule has 0 saturated heterocycles. The smallest absolute Gasteiger partial charge is 0.281 e. The molecule has 0 aromatic heterocycles. The molecule has 0 atom stereocenters. The molecule has 0 unspecified atom stereocenters. The first-order valence-electron chi connectivity index (χ1n) is 4.68. The summed E-state index contributed by atoms with van der Waals surface area (Å²) < 4.78 is 0. The molecule has 2 rings (SSSR count). The Balaban J connectivity index is 2.78. The average molecular weight is 322 g/mol. The van der Waals surface area contributed by atoms with Crippen molar-refractivity contribution in [2.45, 2.75) is 0 Å². The number of hydrogen-bond donors (Lipinski definition) is 2. The number of fused-ring (bicyclic) bond motifs is 1. The van der Waals surface area contributed by atoms with Crippen LogP contribution in [0.25, 0.3) is 0 Å². The van der Waals surface area contributed by atoms with Crippen LogP contribution in [0.1, 0.15) is 10.4 Å². The molecule has 0 spiro atoms. The molecule has 0 fully saturated rings. The number of amides is 1. The minimum absolute atomic E-state index is 0.00430. The second-order valence-electron chi connectivity index (χ2n) is 3.47. The summed E-state index contributed by atoms with van der Waals surface area (Å²) >= 11 is 17.4. The van der Waals surface area contributed by atoms with Gasteiger partial charge in [0.05, 0.1) is 26.3 Å². The highest BCUT2D eigenvalue weighted by atomic mass is 35.5. The molecule has 0 radical (unpaired) electrons. The van der Waals surface area contributed by atoms with E-state index in [0.717, 1.165) is 0 Å². The van der Waals surface area contributed by atoms with Crippen molar-refractivity contribution in [3.8, 4) is 0 Å². The zero-order valence-electron chi connectivity index (χ0n) is 8.83. The minimum Gasteiger partial charge on any atom is -0.410 e. The van der Waals surface area contributed by atoms with E-state index in [0.29, 0.717) is 0 Å². The van der Waals surface area contributed by atoms with Crippen LogP contribution < -0.4 is 5.32 Å². The van der Waals surface area contributed by atoms with Gasteiger partial charge in [0.2, 0.25) is 11.5 Å². The molecule has 0 aliphatic carbocycles. The maximum Gasteiger partial charge on any atom is 0.281 e. The number of ketones is 2. The lowest BCUT2D eigenvalue weighted by Crippen LogP contribution is -2.31. The highest BCUT2D eigenvalue weighted by Gasteiger charge is 2.36. The summed E-state index contributed by atoms with van der Waals surface area (Å²) in [7, 11) is 0. The van der Waals surface area contributed by atoms with Crippen LogP contribution in [0, 0.1) is 0 Å². The Morgan fingerprint density at radius 1 is 1.05 bits per heavy atom. The fourth-order valence-electron chi connectivity index (χ4n) is 1.51. The Morgan fingerprint density at radius 3 is 2.26 bits per heavy atom. The fourth-order valence-corrected chi connectivity index (χ4v) is 2.20. The number of benzene rings is 1. The molecule has 19 heavy (non-hydrogen) atoms. The number of anilines is 1. The van der Waals surface area contributed by atoms with Crippen LogP contribution in [0.3, 0.4) is 0 Å². The third-order valence-corrected chi connectivity index (χ3v) is 3.64. The summed E-state index contributed by atoms with van der Waals surface area (Å²) in [5.74, 6) is -3.46. The lowest BCUT2D eigenvalue weighted by Gasteiger charge is -2.09. The van der Waals surface area contributed by atoms with Gasteiger partial charge in [0.25, 0.3) is 11.7 Å². The van der Waals surface area contributed by atoms with Crippen LogP contribution in [0.2, 0.25) is 15.1 Å². The number of halogens is 3. The summed E-state index contributed by atoms with van der Waals surface area (Å²) in [5.41, 5.74) is -1.32. The van der Waals surface area contributed by atoms with Crippen molar-refractivity contribution < 1.29 is 19.6 Å². The van der Waals surface area contributed by atoms with E-state index in [1.165, 1.54) is 6.07 Å². The summed E-state index contributed by atoms with van der Waals surface area (Å²) in [6.45, 7) is 0. The van der Waals surface area contributed by atoms with Gasteiger partial charge in [0.1, 0.15) is 0 Å². The number of hydrogen-bond acceptors (Lipinski definition) is 5. The molecule has 1 aromatic rings. The molecule has 1 heterocycles. The van der Waals surface area contributed by atoms with Crippen LogP contribution in [-0.2, 0) is 9.59 Å². The number of rotatable bonds is 0. The molecule has 1 amide bonds. The van der Waals surface area contributed by atoms with Gasteiger partial charge < -0.3 is 10.5 Å². The fraction of sp³-hybridized carbons (Fsp3) is 0. The van der Waals surface area contributed by atoms with E-state index in [-0.39, 0.29) is 26.3 Å². The quantitative estimate of drug-likeness (QED) is 0.331. The van der Waals surface area contributed by atoms with Crippen molar-refractivity contribution in [1.29, 1.82) is 0 Å². The Morgan fingerprint density at radius 2 is 1.68 bits per heavy atom. The van der Waals surface area contributed by atoms with E-state index < -0.39 is 23.2 Å². The highest BCUT2D eigenvalue weighted by molar-refractivity contribution is 6.83. The van der Waals surface area contributed by atoms with Crippen molar-refractivity contribution in [3.05, 3.63) is 26.7 Å². The first-order valence-corrected chi connectivity index (χ1v) is 5.81. The van der Waals surface area contributed by atoms with Crippen molar-refractivity contribution in [2.24, 2.45) is 5.16 Å². The maximum atomic E-state index is 11.9. The highest BCUT2D eigenvalue weighted by Crippen LogP contribution is 2.38. The molecular weight excluding hydrogens is 318 g/mol. The van der Waals surface area contributed by atoms with Gasteiger partial charge >= 0.3 is 0 Å².